The number of hydrogen-bond donors (Lipinski definition) is 3. The average Bonchev–Trinajstić information content (AvgIpc) is 2.96. The highest BCUT2D eigenvalue weighted by Gasteiger charge is 2.18. The number of benzene rings is 3. The molecule has 0 unspecified atom stereocenters. The van der Waals surface area contributed by atoms with Crippen LogP contribution in [0.2, 0.25) is 0 Å². The lowest BCUT2D eigenvalue weighted by molar-refractivity contribution is -0.122. The molecule has 2 amide bonds. The second kappa shape index (κ2) is 14.1. The summed E-state index contributed by atoms with van der Waals surface area (Å²) in [5, 5.41) is 2.60. The Morgan fingerprint density at radius 1 is 0.816 bits per heavy atom. The smallest absolute Gasteiger partial charge is 0.257 e. The zero-order chi connectivity index (χ0) is 26.6. The van der Waals surface area contributed by atoms with Gasteiger partial charge in [0.05, 0.1) is 6.61 Å². The van der Waals surface area contributed by atoms with Gasteiger partial charge < -0.3 is 9.64 Å². The quantitative estimate of drug-likeness (QED) is 0.289. The van der Waals surface area contributed by atoms with Crippen molar-refractivity contribution in [3.8, 4) is 5.75 Å². The molecule has 8 nitrogen and oxygen atoms in total. The second-order valence-corrected chi connectivity index (χ2v) is 9.39. The number of nitrogens with one attached hydrogen (secondary N) is 3. The fourth-order valence-corrected chi connectivity index (χ4v) is 4.30. The van der Waals surface area contributed by atoms with Gasteiger partial charge in [0.25, 0.3) is 5.91 Å². The molecule has 198 valence electrons. The molecule has 0 spiro atoms. The van der Waals surface area contributed by atoms with Gasteiger partial charge in [0.1, 0.15) is 5.75 Å². The molecule has 3 N–H and O–H groups in total. The number of amides is 2. The number of ether oxygens (including phenoxy) is 1. The lowest BCUT2D eigenvalue weighted by Crippen LogP contribution is -2.50. The monoisotopic (exact) mass is 531 g/mol. The lowest BCUT2D eigenvalue weighted by atomic mass is 10.2. The fourth-order valence-electron chi connectivity index (χ4n) is 4.16. The molecule has 38 heavy (non-hydrogen) atoms. The van der Waals surface area contributed by atoms with Gasteiger partial charge in [-0.1, -0.05) is 48.5 Å². The van der Waals surface area contributed by atoms with E-state index in [1.165, 1.54) is 11.3 Å². The van der Waals surface area contributed by atoms with Crippen LogP contribution in [0.25, 0.3) is 0 Å². The first-order valence-corrected chi connectivity index (χ1v) is 13.2. The van der Waals surface area contributed by atoms with E-state index < -0.39 is 0 Å². The molecule has 0 aromatic heterocycles. The van der Waals surface area contributed by atoms with Crippen LogP contribution in [-0.4, -0.2) is 61.2 Å². The van der Waals surface area contributed by atoms with Gasteiger partial charge in [-0.05, 0) is 54.2 Å². The molecule has 1 aliphatic heterocycles. The van der Waals surface area contributed by atoms with Crippen LogP contribution in [0.4, 0.5) is 5.69 Å². The zero-order valence-electron chi connectivity index (χ0n) is 21.3. The maximum absolute atomic E-state index is 12.5. The maximum atomic E-state index is 12.5. The lowest BCUT2D eigenvalue weighted by Gasteiger charge is -2.36. The Kier molecular flexibility index (Phi) is 10.1. The molecule has 4 rings (SSSR count). The molecule has 0 radical (unpaired) electrons. The molecular formula is C29H33N5O3S. The Morgan fingerprint density at radius 2 is 1.47 bits per heavy atom. The van der Waals surface area contributed by atoms with E-state index in [1.807, 2.05) is 36.4 Å². The summed E-state index contributed by atoms with van der Waals surface area (Å²) in [7, 11) is 0. The van der Waals surface area contributed by atoms with Crippen molar-refractivity contribution >= 4 is 34.8 Å². The molecule has 0 aliphatic carbocycles. The largest absolute Gasteiger partial charge is 0.493 e. The normalized spacial score (nSPS) is 13.4. The summed E-state index contributed by atoms with van der Waals surface area (Å²) in [5.74, 6) is 0.125. The number of thiocarbonyl (C=S) groups is 1. The van der Waals surface area contributed by atoms with Crippen LogP contribution in [0, 0.1) is 0 Å². The predicted molar refractivity (Wildman–Crippen MR) is 153 cm³/mol. The number of carbonyl (C=O) groups is 2. The number of nitrogens with zero attached hydrogens (tertiary/aromatic N) is 2. The topological polar surface area (TPSA) is 85.9 Å². The molecular weight excluding hydrogens is 498 g/mol. The number of piperazine rings is 1. The van der Waals surface area contributed by atoms with Gasteiger partial charge in [-0.2, -0.15) is 0 Å². The number of rotatable bonds is 9. The Morgan fingerprint density at radius 3 is 2.16 bits per heavy atom. The second-order valence-electron chi connectivity index (χ2n) is 8.98. The van der Waals surface area contributed by atoms with Crippen molar-refractivity contribution in [1.82, 2.24) is 21.1 Å². The third kappa shape index (κ3) is 8.57. The third-order valence-corrected chi connectivity index (χ3v) is 6.51. The van der Waals surface area contributed by atoms with Crippen molar-refractivity contribution in [3.05, 3.63) is 96.1 Å². The summed E-state index contributed by atoms with van der Waals surface area (Å²) < 4.78 is 5.76. The minimum Gasteiger partial charge on any atom is -0.493 e. The van der Waals surface area contributed by atoms with Gasteiger partial charge in [-0.15, -0.1) is 0 Å². The van der Waals surface area contributed by atoms with Gasteiger partial charge >= 0.3 is 0 Å². The minimum atomic E-state index is -0.371. The van der Waals surface area contributed by atoms with Crippen molar-refractivity contribution in [3.63, 3.8) is 0 Å². The van der Waals surface area contributed by atoms with Crippen molar-refractivity contribution in [1.29, 1.82) is 0 Å². The summed E-state index contributed by atoms with van der Waals surface area (Å²) in [6.45, 7) is 4.88. The van der Waals surface area contributed by atoms with Crippen molar-refractivity contribution < 1.29 is 14.3 Å². The highest BCUT2D eigenvalue weighted by Crippen LogP contribution is 2.16. The van der Waals surface area contributed by atoms with E-state index in [9.17, 15) is 9.59 Å². The van der Waals surface area contributed by atoms with Gasteiger partial charge in [0.2, 0.25) is 5.91 Å². The molecule has 0 bridgehead atoms. The highest BCUT2D eigenvalue weighted by molar-refractivity contribution is 7.80. The highest BCUT2D eigenvalue weighted by atomic mass is 32.1. The van der Waals surface area contributed by atoms with Crippen molar-refractivity contribution in [2.75, 3.05) is 44.2 Å². The number of para-hydroxylation sites is 1. The van der Waals surface area contributed by atoms with Gasteiger partial charge in [0.15, 0.2) is 5.11 Å². The maximum Gasteiger partial charge on any atom is 0.257 e. The molecule has 0 atom stereocenters. The average molecular weight is 532 g/mol. The number of hydrogen-bond acceptors (Lipinski definition) is 6. The van der Waals surface area contributed by atoms with Crippen LogP contribution in [0.5, 0.6) is 5.75 Å². The summed E-state index contributed by atoms with van der Waals surface area (Å²) >= 11 is 5.15. The third-order valence-electron chi connectivity index (χ3n) is 6.31. The fraction of sp³-hybridized carbons (Fsp3) is 0.276. The first-order chi connectivity index (χ1) is 18.6. The Labute approximate surface area is 228 Å². The molecule has 1 heterocycles. The summed E-state index contributed by atoms with van der Waals surface area (Å²) in [5.41, 5.74) is 8.03. The first-order valence-electron chi connectivity index (χ1n) is 12.8. The minimum absolute atomic E-state index is 0.0306. The standard InChI is InChI=1S/C29H33N5O3S/c35-27(15-17-33-18-20-34(21-19-33)25-9-5-2-6-10-25)31-32-29(38)30-28(36)24-11-13-26(14-12-24)37-22-16-23-7-3-1-4-8-23/h1-14H,15-22H2,(H,31,35)(H2,30,32,36,38). The Balaban J connectivity index is 1.09. The van der Waals surface area contributed by atoms with E-state index in [1.54, 1.807) is 24.3 Å². The number of anilines is 1. The van der Waals surface area contributed by atoms with Gasteiger partial charge in [-0.3, -0.25) is 30.7 Å². The SMILES string of the molecule is O=C(CCN1CCN(c2ccccc2)CC1)NNC(=S)NC(=O)c1ccc(OCCc2ccccc2)cc1. The van der Waals surface area contributed by atoms with E-state index in [0.717, 1.165) is 32.6 Å². The van der Waals surface area contributed by atoms with Crippen molar-refractivity contribution in [2.24, 2.45) is 0 Å². The summed E-state index contributed by atoms with van der Waals surface area (Å²) in [6, 6.07) is 27.3. The van der Waals surface area contributed by atoms with Crippen LogP contribution >= 0.6 is 12.2 Å². The Bertz CT molecular complexity index is 1180. The van der Waals surface area contributed by atoms with Crippen LogP contribution < -0.4 is 25.8 Å². The first kappa shape index (κ1) is 27.1. The van der Waals surface area contributed by atoms with Gasteiger partial charge in [0, 0.05) is 56.8 Å². The zero-order valence-corrected chi connectivity index (χ0v) is 22.1. The van der Waals surface area contributed by atoms with Crippen LogP contribution in [0.15, 0.2) is 84.9 Å². The molecule has 3 aromatic carbocycles. The van der Waals surface area contributed by atoms with Crippen LogP contribution in [0.3, 0.4) is 0 Å². The predicted octanol–water partition coefficient (Wildman–Crippen LogP) is 3.16. The molecule has 3 aromatic rings. The van der Waals surface area contributed by atoms with E-state index >= 15 is 0 Å². The summed E-state index contributed by atoms with van der Waals surface area (Å²) in [4.78, 5) is 29.3. The molecule has 1 fully saturated rings. The van der Waals surface area contributed by atoms with Crippen molar-refractivity contribution in [2.45, 2.75) is 12.8 Å². The van der Waals surface area contributed by atoms with E-state index in [-0.39, 0.29) is 16.9 Å². The molecule has 1 saturated heterocycles. The van der Waals surface area contributed by atoms with E-state index in [4.69, 9.17) is 17.0 Å². The number of carbonyl (C=O) groups excluding carboxylic acids is 2. The summed E-state index contributed by atoms with van der Waals surface area (Å²) in [6.07, 6.45) is 1.14. The van der Waals surface area contributed by atoms with E-state index in [0.29, 0.717) is 30.9 Å². The Hall–Kier alpha value is -3.95. The number of hydrazine groups is 1. The molecule has 1 aliphatic rings. The molecule has 9 heteroatoms. The van der Waals surface area contributed by atoms with Gasteiger partial charge in [-0.25, -0.2) is 0 Å². The van der Waals surface area contributed by atoms with Crippen LogP contribution in [-0.2, 0) is 11.2 Å². The van der Waals surface area contributed by atoms with Crippen LogP contribution in [0.1, 0.15) is 22.3 Å². The van der Waals surface area contributed by atoms with E-state index in [2.05, 4.69) is 50.2 Å². The molecule has 0 saturated carbocycles.